The van der Waals surface area contributed by atoms with Crippen LogP contribution in [0.2, 0.25) is 0 Å². The topological polar surface area (TPSA) is 67.6 Å². The molecule has 1 N–H and O–H groups in total. The van der Waals surface area contributed by atoms with Crippen molar-refractivity contribution in [3.05, 3.63) is 70.5 Å². The van der Waals surface area contributed by atoms with Crippen LogP contribution in [0.15, 0.2) is 42.5 Å². The molecule has 2 aromatic rings. The SMILES string of the molecule is CC(C)C(C(=O)O)N1CC(CN2CCC(CCCc3ccc(C#N)c(C(C)(F)F)c3)CC2)C(c2cccc(F)c2)C1. The summed E-state index contributed by atoms with van der Waals surface area (Å²) in [6, 6.07) is 12.8. The lowest BCUT2D eigenvalue weighted by Gasteiger charge is -2.35. The number of likely N-dealkylation sites (tertiary alicyclic amines) is 2. The molecule has 222 valence electrons. The molecule has 0 spiro atoms. The molecule has 0 radical (unpaired) electrons. The molecular weight excluding hydrogens is 527 g/mol. The van der Waals surface area contributed by atoms with Crippen molar-refractivity contribution in [2.24, 2.45) is 17.8 Å². The van der Waals surface area contributed by atoms with Gasteiger partial charge in [0.15, 0.2) is 0 Å². The first-order valence-electron chi connectivity index (χ1n) is 14.8. The van der Waals surface area contributed by atoms with Crippen molar-refractivity contribution >= 4 is 5.97 Å². The van der Waals surface area contributed by atoms with Crippen LogP contribution in [0.25, 0.3) is 0 Å². The summed E-state index contributed by atoms with van der Waals surface area (Å²) in [5.41, 5.74) is 1.61. The minimum Gasteiger partial charge on any atom is -0.480 e. The minimum absolute atomic E-state index is 0.0236. The smallest absolute Gasteiger partial charge is 0.321 e. The van der Waals surface area contributed by atoms with Crippen LogP contribution in [0, 0.1) is 34.9 Å². The summed E-state index contributed by atoms with van der Waals surface area (Å²) in [5.74, 6) is -3.26. The van der Waals surface area contributed by atoms with E-state index in [4.69, 9.17) is 5.26 Å². The molecule has 2 aliphatic heterocycles. The van der Waals surface area contributed by atoms with E-state index in [2.05, 4.69) is 9.80 Å². The lowest BCUT2D eigenvalue weighted by atomic mass is 9.86. The molecule has 0 bridgehead atoms. The number of benzene rings is 2. The Hall–Kier alpha value is -2.89. The fourth-order valence-corrected chi connectivity index (χ4v) is 6.89. The number of rotatable bonds is 11. The van der Waals surface area contributed by atoms with Crippen LogP contribution in [0.4, 0.5) is 13.2 Å². The molecule has 41 heavy (non-hydrogen) atoms. The van der Waals surface area contributed by atoms with E-state index in [-0.39, 0.29) is 34.7 Å². The monoisotopic (exact) mass is 569 g/mol. The maximum atomic E-state index is 14.1. The summed E-state index contributed by atoms with van der Waals surface area (Å²) in [5, 5.41) is 19.1. The number of halogens is 3. The van der Waals surface area contributed by atoms with E-state index in [1.165, 1.54) is 18.2 Å². The van der Waals surface area contributed by atoms with Crippen molar-refractivity contribution in [2.45, 2.75) is 70.8 Å². The lowest BCUT2D eigenvalue weighted by Crippen LogP contribution is -2.44. The Bertz CT molecular complexity index is 1230. The Kier molecular flexibility index (Phi) is 10.1. The molecule has 3 atom stereocenters. The first-order chi connectivity index (χ1) is 19.5. The molecule has 0 aromatic heterocycles. The summed E-state index contributed by atoms with van der Waals surface area (Å²) >= 11 is 0. The summed E-state index contributed by atoms with van der Waals surface area (Å²) in [7, 11) is 0. The second-order valence-corrected chi connectivity index (χ2v) is 12.4. The summed E-state index contributed by atoms with van der Waals surface area (Å²) in [6.45, 7) is 8.79. The molecule has 0 aliphatic carbocycles. The quantitative estimate of drug-likeness (QED) is 0.328. The maximum absolute atomic E-state index is 14.1. The normalized spacial score (nSPS) is 21.7. The van der Waals surface area contributed by atoms with Gasteiger partial charge in [-0.2, -0.15) is 5.26 Å². The van der Waals surface area contributed by atoms with Crippen molar-refractivity contribution < 1.29 is 23.1 Å². The molecule has 2 heterocycles. The van der Waals surface area contributed by atoms with Gasteiger partial charge in [-0.05, 0) is 91.9 Å². The van der Waals surface area contributed by atoms with Gasteiger partial charge < -0.3 is 10.0 Å². The van der Waals surface area contributed by atoms with Crippen LogP contribution in [-0.4, -0.2) is 59.6 Å². The van der Waals surface area contributed by atoms with Crippen molar-refractivity contribution in [3.63, 3.8) is 0 Å². The third kappa shape index (κ3) is 7.90. The van der Waals surface area contributed by atoms with E-state index < -0.39 is 17.9 Å². The fraction of sp³-hybridized carbons (Fsp3) is 0.576. The molecule has 2 saturated heterocycles. The van der Waals surface area contributed by atoms with Crippen LogP contribution in [-0.2, 0) is 17.1 Å². The first kappa shape index (κ1) is 31.1. The van der Waals surface area contributed by atoms with Crippen molar-refractivity contribution in [3.8, 4) is 6.07 Å². The molecule has 0 amide bonds. The van der Waals surface area contributed by atoms with E-state index in [0.29, 0.717) is 25.4 Å². The highest BCUT2D eigenvalue weighted by Crippen LogP contribution is 2.37. The second kappa shape index (κ2) is 13.4. The van der Waals surface area contributed by atoms with E-state index in [1.54, 1.807) is 18.2 Å². The van der Waals surface area contributed by atoms with E-state index in [9.17, 15) is 23.1 Å². The van der Waals surface area contributed by atoms with Crippen LogP contribution >= 0.6 is 0 Å². The van der Waals surface area contributed by atoms with Gasteiger partial charge in [0.1, 0.15) is 11.9 Å². The maximum Gasteiger partial charge on any atom is 0.321 e. The molecule has 5 nitrogen and oxygen atoms in total. The number of aryl methyl sites for hydroxylation is 1. The molecule has 4 rings (SSSR count). The van der Waals surface area contributed by atoms with Gasteiger partial charge in [-0.15, -0.1) is 0 Å². The van der Waals surface area contributed by atoms with Gasteiger partial charge in [0.05, 0.1) is 11.6 Å². The zero-order valence-electron chi connectivity index (χ0n) is 24.3. The number of hydrogen-bond donors (Lipinski definition) is 1. The van der Waals surface area contributed by atoms with Crippen LogP contribution in [0.1, 0.15) is 74.6 Å². The Labute approximate surface area is 242 Å². The Morgan fingerprint density at radius 2 is 1.88 bits per heavy atom. The van der Waals surface area contributed by atoms with Crippen molar-refractivity contribution in [2.75, 3.05) is 32.7 Å². The average Bonchev–Trinajstić information content (AvgIpc) is 3.31. The zero-order valence-corrected chi connectivity index (χ0v) is 24.3. The number of carboxylic acids is 1. The Morgan fingerprint density at radius 1 is 1.15 bits per heavy atom. The predicted molar refractivity (Wildman–Crippen MR) is 153 cm³/mol. The van der Waals surface area contributed by atoms with Crippen LogP contribution in [0.3, 0.4) is 0 Å². The van der Waals surface area contributed by atoms with E-state index >= 15 is 0 Å². The molecule has 2 fully saturated rings. The zero-order chi connectivity index (χ0) is 29.7. The summed E-state index contributed by atoms with van der Waals surface area (Å²) < 4.78 is 42.0. The van der Waals surface area contributed by atoms with E-state index in [1.807, 2.05) is 26.0 Å². The van der Waals surface area contributed by atoms with Gasteiger partial charge in [0.25, 0.3) is 5.92 Å². The Morgan fingerprint density at radius 3 is 2.49 bits per heavy atom. The Balaban J connectivity index is 1.32. The minimum atomic E-state index is -3.04. The second-order valence-electron chi connectivity index (χ2n) is 12.4. The van der Waals surface area contributed by atoms with Gasteiger partial charge in [-0.1, -0.05) is 38.5 Å². The highest BCUT2D eigenvalue weighted by molar-refractivity contribution is 5.73. The number of carboxylic acid groups (broad SMARTS) is 1. The van der Waals surface area contributed by atoms with Gasteiger partial charge in [0, 0.05) is 38.0 Å². The predicted octanol–water partition coefficient (Wildman–Crippen LogP) is 6.67. The lowest BCUT2D eigenvalue weighted by molar-refractivity contribution is -0.144. The number of piperidine rings is 1. The van der Waals surface area contributed by atoms with Gasteiger partial charge in [-0.3, -0.25) is 9.69 Å². The van der Waals surface area contributed by atoms with Gasteiger partial charge in [-0.25, -0.2) is 13.2 Å². The number of hydrogen-bond acceptors (Lipinski definition) is 4. The summed E-state index contributed by atoms with van der Waals surface area (Å²) in [4.78, 5) is 16.6. The highest BCUT2D eigenvalue weighted by atomic mass is 19.3. The molecular formula is C33H42F3N3O2. The molecule has 8 heteroatoms. The van der Waals surface area contributed by atoms with Crippen molar-refractivity contribution in [1.29, 1.82) is 5.26 Å². The van der Waals surface area contributed by atoms with Crippen LogP contribution in [0.5, 0.6) is 0 Å². The average molecular weight is 570 g/mol. The van der Waals surface area contributed by atoms with Crippen molar-refractivity contribution in [1.82, 2.24) is 9.80 Å². The number of aliphatic carboxylic acids is 1. The van der Waals surface area contributed by atoms with E-state index in [0.717, 1.165) is 63.4 Å². The number of carbonyl (C=O) groups is 1. The first-order valence-corrected chi connectivity index (χ1v) is 14.8. The van der Waals surface area contributed by atoms with Crippen LogP contribution < -0.4 is 0 Å². The highest BCUT2D eigenvalue weighted by Gasteiger charge is 2.41. The molecule has 2 aromatic carbocycles. The number of nitrogens with zero attached hydrogens (tertiary/aromatic N) is 3. The molecule has 0 saturated carbocycles. The van der Waals surface area contributed by atoms with Gasteiger partial charge >= 0.3 is 5.97 Å². The van der Waals surface area contributed by atoms with Gasteiger partial charge in [0.2, 0.25) is 0 Å². The summed E-state index contributed by atoms with van der Waals surface area (Å²) in [6.07, 6.45) is 4.79. The molecule has 3 unspecified atom stereocenters. The third-order valence-electron chi connectivity index (χ3n) is 8.98. The number of alkyl halides is 2. The standard InChI is InChI=1S/C33H42F3N3O2/c1-22(2)31(32(40)41)39-20-27(29(21-39)25-8-5-9-28(34)17-25)19-38-14-12-23(13-15-38)6-4-7-24-10-11-26(18-37)30(16-24)33(3,35)36/h5,8-11,16-17,22-23,27,29,31H,4,6-7,12-15,19-21H2,1-3H3,(H,40,41). The fourth-order valence-electron chi connectivity index (χ4n) is 6.89. The third-order valence-corrected chi connectivity index (χ3v) is 8.98. The molecule has 2 aliphatic rings. The number of nitriles is 1. The largest absolute Gasteiger partial charge is 0.480 e.